The zero-order valence-electron chi connectivity index (χ0n) is 17.7. The van der Waals surface area contributed by atoms with Gasteiger partial charge in [0.15, 0.2) is 11.5 Å². The van der Waals surface area contributed by atoms with Gasteiger partial charge in [-0.2, -0.15) is 0 Å². The van der Waals surface area contributed by atoms with Crippen LogP contribution >= 0.6 is 0 Å². The molecule has 7 heteroatoms. The summed E-state index contributed by atoms with van der Waals surface area (Å²) >= 11 is 0. The van der Waals surface area contributed by atoms with E-state index in [-0.39, 0.29) is 12.3 Å². The Labute approximate surface area is 182 Å². The van der Waals surface area contributed by atoms with Crippen molar-refractivity contribution in [2.45, 2.75) is 19.4 Å². The molecule has 31 heavy (non-hydrogen) atoms. The fourth-order valence-corrected chi connectivity index (χ4v) is 2.68. The summed E-state index contributed by atoms with van der Waals surface area (Å²) in [6.45, 7) is 9.83. The van der Waals surface area contributed by atoms with E-state index >= 15 is 0 Å². The maximum Gasteiger partial charge on any atom is 0.357 e. The van der Waals surface area contributed by atoms with Crippen LogP contribution in [-0.2, 0) is 9.53 Å². The molecule has 1 heterocycles. The molecule has 1 unspecified atom stereocenters. The molecular weight excluding hydrogens is 394 g/mol. The zero-order valence-corrected chi connectivity index (χ0v) is 17.7. The second-order valence-electron chi connectivity index (χ2n) is 6.56. The number of amides is 1. The maximum atomic E-state index is 12.4. The first-order valence-electron chi connectivity index (χ1n) is 9.73. The van der Waals surface area contributed by atoms with Gasteiger partial charge in [-0.15, -0.1) is 0 Å². The molecule has 0 aliphatic carbocycles. The second kappa shape index (κ2) is 11.4. The minimum atomic E-state index is -0.864. The summed E-state index contributed by atoms with van der Waals surface area (Å²) in [5, 5.41) is 10.0. The quantitative estimate of drug-likeness (QED) is 0.382. The average Bonchev–Trinajstić information content (AvgIpc) is 2.80. The van der Waals surface area contributed by atoms with Gasteiger partial charge in [0.05, 0.1) is 12.3 Å². The number of ether oxygens (including phenoxy) is 1. The van der Waals surface area contributed by atoms with Crippen molar-refractivity contribution in [2.75, 3.05) is 20.2 Å². The summed E-state index contributed by atoms with van der Waals surface area (Å²) in [6, 6.07) is 7.14. The molecule has 160 valence electrons. The van der Waals surface area contributed by atoms with E-state index in [4.69, 9.17) is 4.74 Å². The van der Waals surface area contributed by atoms with Crippen molar-refractivity contribution in [1.29, 1.82) is 0 Å². The summed E-state index contributed by atoms with van der Waals surface area (Å²) in [7, 11) is 1.64. The highest BCUT2D eigenvalue weighted by Gasteiger charge is 2.19. The fourth-order valence-electron chi connectivity index (χ4n) is 2.68. The summed E-state index contributed by atoms with van der Waals surface area (Å²) in [5.41, 5.74) is 2.33. The molecule has 2 aromatic rings. The third-order valence-electron chi connectivity index (χ3n) is 4.28. The smallest absolute Gasteiger partial charge is 0.357 e. The Hall–Kier alpha value is -3.76. The van der Waals surface area contributed by atoms with Crippen LogP contribution in [0, 0.1) is 11.8 Å². The van der Waals surface area contributed by atoms with E-state index in [9.17, 15) is 14.7 Å². The molecule has 0 spiro atoms. The summed E-state index contributed by atoms with van der Waals surface area (Å²) in [5.74, 6) is 5.43. The molecule has 0 saturated heterocycles. The van der Waals surface area contributed by atoms with Crippen molar-refractivity contribution in [2.24, 2.45) is 0 Å². The first kappa shape index (κ1) is 23.5. The number of hydrogen-bond acceptors (Lipinski definition) is 6. The molecule has 1 aromatic carbocycles. The first-order chi connectivity index (χ1) is 14.9. The van der Waals surface area contributed by atoms with Gasteiger partial charge in [0.1, 0.15) is 6.10 Å². The second-order valence-corrected chi connectivity index (χ2v) is 6.56. The molecule has 1 atom stereocenters. The fraction of sp³-hybridized carbons (Fsp3) is 0.250. The molecule has 0 aliphatic heterocycles. The van der Waals surface area contributed by atoms with E-state index in [0.29, 0.717) is 47.6 Å². The van der Waals surface area contributed by atoms with Crippen LogP contribution in [0.3, 0.4) is 0 Å². The Balaban J connectivity index is 2.38. The molecule has 7 nitrogen and oxygen atoms in total. The highest BCUT2D eigenvalue weighted by Crippen LogP contribution is 2.22. The minimum absolute atomic E-state index is 0.114. The van der Waals surface area contributed by atoms with Crippen LogP contribution in [0.15, 0.2) is 37.4 Å². The molecule has 0 fully saturated rings. The van der Waals surface area contributed by atoms with Crippen LogP contribution in [0.25, 0.3) is 23.5 Å². The zero-order chi connectivity index (χ0) is 22.8. The van der Waals surface area contributed by atoms with Crippen molar-refractivity contribution in [3.63, 3.8) is 0 Å². The van der Waals surface area contributed by atoms with Crippen molar-refractivity contribution < 1.29 is 19.4 Å². The maximum absolute atomic E-state index is 12.4. The number of hydrogen-bond donors (Lipinski definition) is 1. The van der Waals surface area contributed by atoms with Crippen molar-refractivity contribution in [3.8, 4) is 23.2 Å². The Morgan fingerprint density at radius 1 is 1.32 bits per heavy atom. The molecular formula is C24H25N3O4. The highest BCUT2D eigenvalue weighted by atomic mass is 16.5. The van der Waals surface area contributed by atoms with E-state index in [2.05, 4.69) is 35.0 Å². The number of aromatic nitrogens is 2. The molecule has 0 aliphatic rings. The number of carbonyl (C=O) groups excluding carboxylic acids is 2. The van der Waals surface area contributed by atoms with Crippen molar-refractivity contribution >= 4 is 24.5 Å². The summed E-state index contributed by atoms with van der Waals surface area (Å²) in [6.07, 6.45) is 3.21. The normalized spacial score (nSPS) is 10.9. The van der Waals surface area contributed by atoms with Crippen LogP contribution in [0.1, 0.15) is 40.7 Å². The average molecular weight is 419 g/mol. The standard InChI is InChI=1S/C24H25N3O4/c1-5-20-21(6-2)25-23(26-22(20)24(30)31-7-3)18-10-8-9-17(15-18)11-12-19(29)13-14-27(4)16-28/h5-6,8-10,15-16,19,29H,1-2,7,13-14H2,3-4H3. The number of benzene rings is 1. The van der Waals surface area contributed by atoms with Crippen LogP contribution in [0.2, 0.25) is 0 Å². The van der Waals surface area contributed by atoms with Crippen LogP contribution < -0.4 is 0 Å². The lowest BCUT2D eigenvalue weighted by atomic mass is 10.1. The third kappa shape index (κ3) is 6.36. The van der Waals surface area contributed by atoms with E-state index in [0.717, 1.165) is 0 Å². The number of rotatable bonds is 9. The minimum Gasteiger partial charge on any atom is -0.461 e. The molecule has 1 aromatic heterocycles. The van der Waals surface area contributed by atoms with Crippen LogP contribution in [0.5, 0.6) is 0 Å². The summed E-state index contributed by atoms with van der Waals surface area (Å²) < 4.78 is 5.11. The lowest BCUT2D eigenvalue weighted by Crippen LogP contribution is -2.21. The molecule has 1 N–H and O–H groups in total. The van der Waals surface area contributed by atoms with Crippen LogP contribution in [-0.4, -0.2) is 58.7 Å². The van der Waals surface area contributed by atoms with Gasteiger partial charge in [-0.3, -0.25) is 4.79 Å². The molecule has 0 radical (unpaired) electrons. The number of esters is 1. The Morgan fingerprint density at radius 3 is 2.74 bits per heavy atom. The lowest BCUT2D eigenvalue weighted by molar-refractivity contribution is -0.117. The monoisotopic (exact) mass is 419 g/mol. The number of nitrogens with zero attached hydrogens (tertiary/aromatic N) is 3. The van der Waals surface area contributed by atoms with E-state index < -0.39 is 12.1 Å². The third-order valence-corrected chi connectivity index (χ3v) is 4.28. The van der Waals surface area contributed by atoms with Gasteiger partial charge >= 0.3 is 5.97 Å². The Kier molecular flexibility index (Phi) is 8.67. The first-order valence-corrected chi connectivity index (χ1v) is 9.73. The number of carbonyl (C=O) groups is 2. The van der Waals surface area contributed by atoms with Gasteiger partial charge in [0.25, 0.3) is 0 Å². The molecule has 1 amide bonds. The Morgan fingerprint density at radius 2 is 2.10 bits per heavy atom. The van der Waals surface area contributed by atoms with Gasteiger partial charge in [-0.05, 0) is 25.1 Å². The van der Waals surface area contributed by atoms with Gasteiger partial charge in [-0.1, -0.05) is 43.2 Å². The van der Waals surface area contributed by atoms with E-state index in [1.807, 2.05) is 0 Å². The predicted molar refractivity (Wildman–Crippen MR) is 120 cm³/mol. The topological polar surface area (TPSA) is 92.6 Å². The molecule has 2 rings (SSSR count). The largest absolute Gasteiger partial charge is 0.461 e. The number of aliphatic hydroxyl groups excluding tert-OH is 1. The highest BCUT2D eigenvalue weighted by molar-refractivity contribution is 5.93. The SMILES string of the molecule is C=Cc1nc(-c2cccc(C#CC(O)CCN(C)C=O)c2)nc(C(=O)OCC)c1C=C. The van der Waals surface area contributed by atoms with Gasteiger partial charge in [-0.25, -0.2) is 14.8 Å². The predicted octanol–water partition coefficient (Wildman–Crippen LogP) is 2.80. The van der Waals surface area contributed by atoms with Gasteiger partial charge < -0.3 is 14.7 Å². The van der Waals surface area contributed by atoms with Crippen LogP contribution in [0.4, 0.5) is 0 Å². The van der Waals surface area contributed by atoms with E-state index in [1.54, 1.807) is 38.2 Å². The van der Waals surface area contributed by atoms with Crippen molar-refractivity contribution in [1.82, 2.24) is 14.9 Å². The molecule has 0 bridgehead atoms. The van der Waals surface area contributed by atoms with Gasteiger partial charge in [0, 0.05) is 36.7 Å². The van der Waals surface area contributed by atoms with Crippen molar-refractivity contribution in [3.05, 3.63) is 59.9 Å². The number of aliphatic hydroxyl groups is 1. The van der Waals surface area contributed by atoms with Gasteiger partial charge in [0.2, 0.25) is 6.41 Å². The lowest BCUT2D eigenvalue weighted by Gasteiger charge is -2.11. The summed E-state index contributed by atoms with van der Waals surface area (Å²) in [4.78, 5) is 33.3. The Bertz CT molecular complexity index is 1040. The van der Waals surface area contributed by atoms with E-state index in [1.165, 1.54) is 17.1 Å². The molecule has 0 saturated carbocycles.